The normalized spacial score (nSPS) is 56.3. The first kappa shape index (κ1) is 8.94. The highest BCUT2D eigenvalue weighted by Crippen LogP contribution is 2.65. The summed E-state index contributed by atoms with van der Waals surface area (Å²) in [6.07, 6.45) is 5.85. The van der Waals surface area contributed by atoms with Crippen molar-refractivity contribution >= 4 is 5.78 Å². The van der Waals surface area contributed by atoms with Gasteiger partial charge in [-0.2, -0.15) is 0 Å². The van der Waals surface area contributed by atoms with Crippen molar-refractivity contribution in [2.75, 3.05) is 0 Å². The van der Waals surface area contributed by atoms with Gasteiger partial charge in [0.05, 0.1) is 0 Å². The van der Waals surface area contributed by atoms with Crippen LogP contribution in [0.15, 0.2) is 0 Å². The Labute approximate surface area is 86.3 Å². The first-order valence-electron chi connectivity index (χ1n) is 6.18. The van der Waals surface area contributed by atoms with Crippen LogP contribution in [0.4, 0.5) is 0 Å². The Hall–Kier alpha value is -0.330. The van der Waals surface area contributed by atoms with Gasteiger partial charge in [0.1, 0.15) is 5.78 Å². The Bertz CT molecular complexity index is 281. The fraction of sp³-hybridized carbons (Fsp3) is 0.923. The lowest BCUT2D eigenvalue weighted by Gasteiger charge is -2.39. The van der Waals surface area contributed by atoms with Gasteiger partial charge in [0.25, 0.3) is 0 Å². The highest BCUT2D eigenvalue weighted by atomic mass is 16.1. The molecule has 0 radical (unpaired) electrons. The van der Waals surface area contributed by atoms with E-state index in [0.717, 1.165) is 30.1 Å². The number of hydrogen-bond donors (Lipinski definition) is 0. The minimum absolute atomic E-state index is 0.177. The van der Waals surface area contributed by atoms with E-state index in [1.165, 1.54) is 25.7 Å². The molecule has 3 aliphatic rings. The van der Waals surface area contributed by atoms with Gasteiger partial charge in [-0.15, -0.1) is 0 Å². The Morgan fingerprint density at radius 3 is 2.57 bits per heavy atom. The Balaban J connectivity index is 1.96. The van der Waals surface area contributed by atoms with Crippen molar-refractivity contribution in [1.82, 2.24) is 0 Å². The summed E-state index contributed by atoms with van der Waals surface area (Å²) < 4.78 is 0. The molecule has 5 unspecified atom stereocenters. The lowest BCUT2D eigenvalue weighted by atomic mass is 9.64. The molecule has 1 spiro atoms. The largest absolute Gasteiger partial charge is 0.299 e. The monoisotopic (exact) mass is 192 g/mol. The van der Waals surface area contributed by atoms with Crippen LogP contribution < -0.4 is 0 Å². The van der Waals surface area contributed by atoms with E-state index in [9.17, 15) is 4.79 Å². The molecule has 1 nitrogen and oxygen atoms in total. The van der Waals surface area contributed by atoms with Crippen molar-refractivity contribution in [3.05, 3.63) is 0 Å². The van der Waals surface area contributed by atoms with Crippen LogP contribution in [0.5, 0.6) is 0 Å². The molecule has 1 heteroatoms. The third-order valence-electron chi connectivity index (χ3n) is 5.68. The summed E-state index contributed by atoms with van der Waals surface area (Å²) in [7, 11) is 0. The van der Waals surface area contributed by atoms with Gasteiger partial charge in [-0.05, 0) is 49.4 Å². The van der Waals surface area contributed by atoms with E-state index in [2.05, 4.69) is 13.8 Å². The predicted molar refractivity (Wildman–Crippen MR) is 55.8 cm³/mol. The molecule has 0 aromatic heterocycles. The van der Waals surface area contributed by atoms with Crippen molar-refractivity contribution in [2.45, 2.75) is 46.0 Å². The standard InChI is InChI=1S/C13H20O/c1-8-9(2)11-6-10(8)7-13(11)5-3-4-12(13)14/h8-11H,3-7H2,1-2H3. The molecule has 0 heterocycles. The molecule has 0 aromatic carbocycles. The minimum atomic E-state index is 0.177. The van der Waals surface area contributed by atoms with Crippen LogP contribution in [-0.4, -0.2) is 5.78 Å². The van der Waals surface area contributed by atoms with E-state index in [1.807, 2.05) is 0 Å². The fourth-order valence-corrected chi connectivity index (χ4v) is 4.73. The predicted octanol–water partition coefficient (Wildman–Crippen LogP) is 3.04. The van der Waals surface area contributed by atoms with Crippen molar-refractivity contribution in [3.8, 4) is 0 Å². The highest BCUT2D eigenvalue weighted by Gasteiger charge is 2.61. The van der Waals surface area contributed by atoms with Gasteiger partial charge in [0.2, 0.25) is 0 Å². The quantitative estimate of drug-likeness (QED) is 0.576. The van der Waals surface area contributed by atoms with Crippen LogP contribution >= 0.6 is 0 Å². The molecule has 3 fully saturated rings. The Morgan fingerprint density at radius 1 is 1.29 bits per heavy atom. The molecular formula is C13H20O. The van der Waals surface area contributed by atoms with Gasteiger partial charge in [-0.3, -0.25) is 4.79 Å². The Morgan fingerprint density at radius 2 is 2.07 bits per heavy atom. The maximum Gasteiger partial charge on any atom is 0.139 e. The van der Waals surface area contributed by atoms with Crippen molar-refractivity contribution < 1.29 is 4.79 Å². The molecular weight excluding hydrogens is 172 g/mol. The second-order valence-electron chi connectivity index (χ2n) is 5.96. The smallest absolute Gasteiger partial charge is 0.139 e. The van der Waals surface area contributed by atoms with Crippen molar-refractivity contribution in [2.24, 2.45) is 29.1 Å². The molecule has 0 aliphatic heterocycles. The Kier molecular flexibility index (Phi) is 1.67. The molecule has 2 bridgehead atoms. The van der Waals surface area contributed by atoms with E-state index < -0.39 is 0 Å². The van der Waals surface area contributed by atoms with E-state index in [-0.39, 0.29) is 5.41 Å². The maximum absolute atomic E-state index is 12.0. The van der Waals surface area contributed by atoms with Crippen LogP contribution in [0.25, 0.3) is 0 Å². The SMILES string of the molecule is CC1C2CC(C1C)C1(CCCC1=O)C2. The minimum Gasteiger partial charge on any atom is -0.299 e. The summed E-state index contributed by atoms with van der Waals surface area (Å²) in [5.41, 5.74) is 0.177. The molecule has 0 aromatic rings. The van der Waals surface area contributed by atoms with E-state index in [1.54, 1.807) is 0 Å². The van der Waals surface area contributed by atoms with E-state index in [4.69, 9.17) is 0 Å². The molecule has 14 heavy (non-hydrogen) atoms. The second-order valence-corrected chi connectivity index (χ2v) is 5.96. The second kappa shape index (κ2) is 2.62. The van der Waals surface area contributed by atoms with Crippen LogP contribution in [0, 0.1) is 29.1 Å². The van der Waals surface area contributed by atoms with Gasteiger partial charge in [-0.1, -0.05) is 13.8 Å². The third kappa shape index (κ3) is 0.844. The van der Waals surface area contributed by atoms with Crippen LogP contribution in [-0.2, 0) is 4.79 Å². The molecule has 3 rings (SSSR count). The molecule has 5 atom stereocenters. The number of hydrogen-bond acceptors (Lipinski definition) is 1. The average Bonchev–Trinajstić information content (AvgIpc) is 2.77. The first-order valence-corrected chi connectivity index (χ1v) is 6.18. The van der Waals surface area contributed by atoms with E-state index >= 15 is 0 Å². The number of carbonyl (C=O) groups excluding carboxylic acids is 1. The lowest BCUT2D eigenvalue weighted by molar-refractivity contribution is -0.130. The van der Waals surface area contributed by atoms with Gasteiger partial charge < -0.3 is 0 Å². The first-order chi connectivity index (χ1) is 6.65. The summed E-state index contributed by atoms with van der Waals surface area (Å²) >= 11 is 0. The van der Waals surface area contributed by atoms with Gasteiger partial charge in [0.15, 0.2) is 0 Å². The number of rotatable bonds is 0. The third-order valence-corrected chi connectivity index (χ3v) is 5.68. The molecule has 0 N–H and O–H groups in total. The lowest BCUT2D eigenvalue weighted by Crippen LogP contribution is -2.38. The molecule has 0 amide bonds. The van der Waals surface area contributed by atoms with Gasteiger partial charge >= 0.3 is 0 Å². The molecule has 3 aliphatic carbocycles. The van der Waals surface area contributed by atoms with Crippen LogP contribution in [0.3, 0.4) is 0 Å². The summed E-state index contributed by atoms with van der Waals surface area (Å²) in [6, 6.07) is 0. The molecule has 0 saturated heterocycles. The number of fused-ring (bicyclic) bond motifs is 3. The molecule has 78 valence electrons. The zero-order valence-electron chi connectivity index (χ0n) is 9.25. The summed E-state index contributed by atoms with van der Waals surface area (Å²) in [4.78, 5) is 12.0. The zero-order chi connectivity index (χ0) is 9.92. The summed E-state index contributed by atoms with van der Waals surface area (Å²) in [5.74, 6) is 3.91. The fourth-order valence-electron chi connectivity index (χ4n) is 4.73. The van der Waals surface area contributed by atoms with Crippen LogP contribution in [0.2, 0.25) is 0 Å². The summed E-state index contributed by atoms with van der Waals surface area (Å²) in [6.45, 7) is 4.77. The number of ketones is 1. The zero-order valence-corrected chi connectivity index (χ0v) is 9.25. The highest BCUT2D eigenvalue weighted by molar-refractivity contribution is 5.87. The number of Topliss-reactive ketones (excluding diaryl/α,β-unsaturated/α-hetero) is 1. The van der Waals surface area contributed by atoms with Crippen molar-refractivity contribution in [3.63, 3.8) is 0 Å². The average molecular weight is 192 g/mol. The molecule has 3 saturated carbocycles. The number of carbonyl (C=O) groups is 1. The maximum atomic E-state index is 12.0. The van der Waals surface area contributed by atoms with Crippen molar-refractivity contribution in [1.29, 1.82) is 0 Å². The topological polar surface area (TPSA) is 17.1 Å². The summed E-state index contributed by atoms with van der Waals surface area (Å²) in [5, 5.41) is 0. The van der Waals surface area contributed by atoms with Gasteiger partial charge in [0, 0.05) is 11.8 Å². The van der Waals surface area contributed by atoms with Crippen LogP contribution in [0.1, 0.15) is 46.0 Å². The van der Waals surface area contributed by atoms with Gasteiger partial charge in [-0.25, -0.2) is 0 Å². The van der Waals surface area contributed by atoms with E-state index in [0.29, 0.717) is 5.78 Å².